The number of carbonyl (C=O) groups excluding carboxylic acids is 1. The third-order valence-electron chi connectivity index (χ3n) is 4.92. The second kappa shape index (κ2) is 8.82. The van der Waals surface area contributed by atoms with Crippen molar-refractivity contribution in [3.63, 3.8) is 0 Å². The first-order valence-electron chi connectivity index (χ1n) is 9.85. The van der Waals surface area contributed by atoms with E-state index in [9.17, 15) is 9.18 Å². The van der Waals surface area contributed by atoms with Gasteiger partial charge in [0.05, 0.1) is 18.3 Å². The van der Waals surface area contributed by atoms with Gasteiger partial charge in [-0.05, 0) is 48.9 Å². The summed E-state index contributed by atoms with van der Waals surface area (Å²) in [5.41, 5.74) is 3.28. The number of imidazole rings is 1. The molecule has 3 heterocycles. The van der Waals surface area contributed by atoms with Crippen LogP contribution in [0.3, 0.4) is 0 Å². The Morgan fingerprint density at radius 3 is 2.63 bits per heavy atom. The number of pyridine rings is 2. The average Bonchev–Trinajstić information content (AvgIpc) is 3.12. The van der Waals surface area contributed by atoms with E-state index >= 15 is 0 Å². The van der Waals surface area contributed by atoms with Crippen LogP contribution in [0.15, 0.2) is 67.0 Å². The quantitative estimate of drug-likeness (QED) is 0.509. The maximum absolute atomic E-state index is 13.3. The fourth-order valence-corrected chi connectivity index (χ4v) is 3.38. The number of rotatable bonds is 7. The molecule has 1 N–H and O–H groups in total. The third-order valence-corrected chi connectivity index (χ3v) is 4.92. The zero-order valence-electron chi connectivity index (χ0n) is 16.6. The number of hydrogen-bond acceptors (Lipinski definition) is 4. The minimum absolute atomic E-state index is 0.0681. The number of nitrogens with one attached hydrogen (secondary N) is 1. The van der Waals surface area contributed by atoms with E-state index in [1.807, 2.05) is 41.8 Å². The zero-order valence-corrected chi connectivity index (χ0v) is 16.6. The highest BCUT2D eigenvalue weighted by atomic mass is 19.1. The van der Waals surface area contributed by atoms with Crippen LogP contribution in [0.5, 0.6) is 0 Å². The number of hydrogen-bond donors (Lipinski definition) is 1. The summed E-state index contributed by atoms with van der Waals surface area (Å²) < 4.78 is 15.2. The Morgan fingerprint density at radius 1 is 1.07 bits per heavy atom. The van der Waals surface area contributed by atoms with Crippen LogP contribution in [0, 0.1) is 5.82 Å². The highest BCUT2D eigenvalue weighted by Crippen LogP contribution is 2.18. The minimum Gasteiger partial charge on any atom is -0.348 e. The fraction of sp³-hybridized carbons (Fsp3) is 0.217. The number of carbonyl (C=O) groups is 1. The molecule has 0 bridgehead atoms. The minimum atomic E-state index is -0.272. The van der Waals surface area contributed by atoms with Crippen molar-refractivity contribution in [1.29, 1.82) is 0 Å². The lowest BCUT2D eigenvalue weighted by atomic mass is 10.2. The predicted molar refractivity (Wildman–Crippen MR) is 112 cm³/mol. The number of benzene rings is 1. The topological polar surface area (TPSA) is 72.7 Å². The van der Waals surface area contributed by atoms with Crippen molar-refractivity contribution in [2.45, 2.75) is 32.4 Å². The zero-order chi connectivity index (χ0) is 20.9. The first-order chi connectivity index (χ1) is 14.6. The van der Waals surface area contributed by atoms with Crippen molar-refractivity contribution in [2.24, 2.45) is 0 Å². The van der Waals surface area contributed by atoms with Crippen molar-refractivity contribution in [2.75, 3.05) is 0 Å². The van der Waals surface area contributed by atoms with Gasteiger partial charge in [0.15, 0.2) is 5.65 Å². The summed E-state index contributed by atoms with van der Waals surface area (Å²) in [5.74, 6) is 0.432. The number of nitrogens with zero attached hydrogens (tertiary/aromatic N) is 4. The molecule has 0 radical (unpaired) electrons. The molecule has 7 heteroatoms. The fourth-order valence-electron chi connectivity index (χ4n) is 3.38. The maximum Gasteiger partial charge on any atom is 0.220 e. The molecule has 1 amide bonds. The Bertz CT molecular complexity index is 1140. The van der Waals surface area contributed by atoms with Crippen LogP contribution in [0.25, 0.3) is 11.2 Å². The summed E-state index contributed by atoms with van der Waals surface area (Å²) in [6.45, 7) is 2.42. The second-order valence-electron chi connectivity index (χ2n) is 7.13. The molecule has 152 valence electrons. The van der Waals surface area contributed by atoms with Crippen molar-refractivity contribution in [3.05, 3.63) is 89.9 Å². The van der Waals surface area contributed by atoms with Gasteiger partial charge in [-0.3, -0.25) is 9.78 Å². The Kier molecular flexibility index (Phi) is 5.79. The van der Waals surface area contributed by atoms with E-state index < -0.39 is 0 Å². The van der Waals surface area contributed by atoms with Crippen molar-refractivity contribution in [3.8, 4) is 0 Å². The van der Waals surface area contributed by atoms with E-state index in [-0.39, 0.29) is 17.8 Å². The van der Waals surface area contributed by atoms with E-state index in [1.54, 1.807) is 24.5 Å². The van der Waals surface area contributed by atoms with Crippen LogP contribution in [0.2, 0.25) is 0 Å². The first-order valence-corrected chi connectivity index (χ1v) is 9.85. The summed E-state index contributed by atoms with van der Waals surface area (Å²) in [6, 6.07) is 15.6. The van der Waals surface area contributed by atoms with Gasteiger partial charge in [-0.1, -0.05) is 18.2 Å². The largest absolute Gasteiger partial charge is 0.348 e. The highest BCUT2D eigenvalue weighted by Gasteiger charge is 2.15. The van der Waals surface area contributed by atoms with Gasteiger partial charge in [-0.15, -0.1) is 0 Å². The lowest BCUT2D eigenvalue weighted by Crippen LogP contribution is -2.27. The molecule has 1 atom stereocenters. The molecule has 30 heavy (non-hydrogen) atoms. The molecule has 3 aromatic heterocycles. The molecule has 0 aliphatic carbocycles. The van der Waals surface area contributed by atoms with Gasteiger partial charge in [0.25, 0.3) is 0 Å². The van der Waals surface area contributed by atoms with Crippen molar-refractivity contribution < 1.29 is 9.18 Å². The smallest absolute Gasteiger partial charge is 0.220 e. The van der Waals surface area contributed by atoms with Crippen LogP contribution < -0.4 is 5.32 Å². The Morgan fingerprint density at radius 2 is 1.87 bits per heavy atom. The molecule has 0 aliphatic heterocycles. The molecule has 4 aromatic rings. The molecule has 1 aromatic carbocycles. The number of halogens is 1. The maximum atomic E-state index is 13.3. The summed E-state index contributed by atoms with van der Waals surface area (Å²) in [4.78, 5) is 25.9. The van der Waals surface area contributed by atoms with Gasteiger partial charge >= 0.3 is 0 Å². The molecular formula is C23H22FN5O. The lowest BCUT2D eigenvalue weighted by Gasteiger charge is -2.13. The van der Waals surface area contributed by atoms with E-state index in [4.69, 9.17) is 0 Å². The SMILES string of the molecule is CC(NC(=O)CCc1nc2cccnc2n1Cc1ccc(F)cc1)c1ccccn1. The Balaban J connectivity index is 1.49. The number of fused-ring (bicyclic) bond motifs is 1. The van der Waals surface area contributed by atoms with Gasteiger partial charge < -0.3 is 9.88 Å². The Labute approximate surface area is 173 Å². The molecular weight excluding hydrogens is 381 g/mol. The van der Waals surface area contributed by atoms with Gasteiger partial charge in [0.1, 0.15) is 17.2 Å². The van der Waals surface area contributed by atoms with Gasteiger partial charge in [0.2, 0.25) is 5.91 Å². The van der Waals surface area contributed by atoms with E-state index in [1.165, 1.54) is 12.1 Å². The Hall–Kier alpha value is -3.61. The first kappa shape index (κ1) is 19.7. The molecule has 0 aliphatic rings. The van der Waals surface area contributed by atoms with Crippen molar-refractivity contribution in [1.82, 2.24) is 24.8 Å². The van der Waals surface area contributed by atoms with E-state index in [0.29, 0.717) is 19.4 Å². The standard InChI is InChI=1S/C23H22FN5O/c1-16(19-5-2-3-13-25-19)27-22(30)12-11-21-28-20-6-4-14-26-23(20)29(21)15-17-7-9-18(24)10-8-17/h2-10,13-14,16H,11-12,15H2,1H3,(H,27,30). The predicted octanol–water partition coefficient (Wildman–Crippen LogP) is 3.82. The summed E-state index contributed by atoms with van der Waals surface area (Å²) >= 11 is 0. The van der Waals surface area contributed by atoms with Gasteiger partial charge in [-0.2, -0.15) is 0 Å². The average molecular weight is 403 g/mol. The molecule has 6 nitrogen and oxygen atoms in total. The van der Waals surface area contributed by atoms with Gasteiger partial charge in [0, 0.05) is 25.2 Å². The van der Waals surface area contributed by atoms with Gasteiger partial charge in [-0.25, -0.2) is 14.4 Å². The number of aryl methyl sites for hydroxylation is 1. The normalized spacial score (nSPS) is 12.1. The molecule has 0 spiro atoms. The molecule has 4 rings (SSSR count). The third kappa shape index (κ3) is 4.51. The van der Waals surface area contributed by atoms with Crippen LogP contribution in [-0.2, 0) is 17.8 Å². The number of aromatic nitrogens is 4. The van der Waals surface area contributed by atoms with Crippen molar-refractivity contribution >= 4 is 17.1 Å². The highest BCUT2D eigenvalue weighted by molar-refractivity contribution is 5.77. The number of amides is 1. The summed E-state index contributed by atoms with van der Waals surface area (Å²) in [5, 5.41) is 2.98. The lowest BCUT2D eigenvalue weighted by molar-refractivity contribution is -0.121. The summed E-state index contributed by atoms with van der Waals surface area (Å²) in [7, 11) is 0. The van der Waals surface area contributed by atoms with Crippen LogP contribution in [0.1, 0.15) is 36.5 Å². The van der Waals surface area contributed by atoms with E-state index in [0.717, 1.165) is 28.2 Å². The second-order valence-corrected chi connectivity index (χ2v) is 7.13. The molecule has 0 saturated carbocycles. The van der Waals surface area contributed by atoms with Crippen LogP contribution >= 0.6 is 0 Å². The van der Waals surface area contributed by atoms with Crippen LogP contribution in [0.4, 0.5) is 4.39 Å². The van der Waals surface area contributed by atoms with Crippen LogP contribution in [-0.4, -0.2) is 25.4 Å². The molecule has 0 fully saturated rings. The molecule has 0 saturated heterocycles. The monoisotopic (exact) mass is 403 g/mol. The molecule has 1 unspecified atom stereocenters. The summed E-state index contributed by atoms with van der Waals surface area (Å²) in [6.07, 6.45) is 4.20. The van der Waals surface area contributed by atoms with E-state index in [2.05, 4.69) is 20.3 Å².